The highest BCUT2D eigenvalue weighted by atomic mass is 16.5. The van der Waals surface area contributed by atoms with Crippen LogP contribution in [0.1, 0.15) is 19.3 Å². The molecule has 3 aromatic rings. The number of nitrogens with zero attached hydrogens (tertiary/aromatic N) is 1. The molecule has 0 aliphatic carbocycles. The first-order valence-electron chi connectivity index (χ1n) is 10.0. The summed E-state index contributed by atoms with van der Waals surface area (Å²) in [6.07, 6.45) is 3.57. The zero-order valence-corrected chi connectivity index (χ0v) is 15.8. The Morgan fingerprint density at radius 2 is 1.74 bits per heavy atom. The van der Waals surface area contributed by atoms with Gasteiger partial charge in [-0.1, -0.05) is 48.5 Å². The highest BCUT2D eigenvalue weighted by Crippen LogP contribution is 2.21. The lowest BCUT2D eigenvalue weighted by molar-refractivity contribution is 0.196. The van der Waals surface area contributed by atoms with Crippen molar-refractivity contribution < 1.29 is 4.74 Å². The lowest BCUT2D eigenvalue weighted by atomic mass is 10.1. The molecule has 27 heavy (non-hydrogen) atoms. The standard InChI is InChI=1S/C24H28N2O/c1-2-10-22(11-3-1)25-23-12-6-15-26(19-23)16-7-17-27-24-14-13-20-8-4-5-9-21(20)18-24/h1-5,8-11,13-14,18,23,25H,6-7,12,15-17,19H2. The molecule has 1 aliphatic rings. The molecule has 0 radical (unpaired) electrons. The number of piperidine rings is 1. The van der Waals surface area contributed by atoms with Gasteiger partial charge in [0.2, 0.25) is 0 Å². The maximum atomic E-state index is 5.99. The molecule has 1 unspecified atom stereocenters. The predicted octanol–water partition coefficient (Wildman–Crippen LogP) is 5.19. The van der Waals surface area contributed by atoms with Crippen LogP contribution < -0.4 is 10.1 Å². The van der Waals surface area contributed by atoms with Crippen LogP contribution in [0.5, 0.6) is 5.75 Å². The Bertz CT molecular complexity index is 849. The van der Waals surface area contributed by atoms with E-state index >= 15 is 0 Å². The Balaban J connectivity index is 1.21. The number of ether oxygens (including phenoxy) is 1. The number of likely N-dealkylation sites (tertiary alicyclic amines) is 1. The van der Waals surface area contributed by atoms with E-state index < -0.39 is 0 Å². The van der Waals surface area contributed by atoms with Gasteiger partial charge in [0, 0.05) is 24.8 Å². The van der Waals surface area contributed by atoms with Gasteiger partial charge in [0.05, 0.1) is 6.61 Å². The van der Waals surface area contributed by atoms with Crippen LogP contribution in [0.15, 0.2) is 72.8 Å². The Morgan fingerprint density at radius 1 is 0.926 bits per heavy atom. The number of rotatable bonds is 7. The third-order valence-corrected chi connectivity index (χ3v) is 5.26. The smallest absolute Gasteiger partial charge is 0.119 e. The lowest BCUT2D eigenvalue weighted by Gasteiger charge is -2.33. The third-order valence-electron chi connectivity index (χ3n) is 5.26. The van der Waals surface area contributed by atoms with Gasteiger partial charge in [-0.3, -0.25) is 0 Å². The molecule has 3 aromatic carbocycles. The molecule has 1 fully saturated rings. The first-order chi connectivity index (χ1) is 13.4. The number of nitrogens with one attached hydrogen (secondary N) is 1. The van der Waals surface area contributed by atoms with Gasteiger partial charge < -0.3 is 15.0 Å². The molecule has 3 heteroatoms. The van der Waals surface area contributed by atoms with E-state index in [9.17, 15) is 0 Å². The first kappa shape index (κ1) is 17.9. The number of fused-ring (bicyclic) bond motifs is 1. The van der Waals surface area contributed by atoms with E-state index in [-0.39, 0.29) is 0 Å². The summed E-state index contributed by atoms with van der Waals surface area (Å²) in [5, 5.41) is 6.17. The Labute approximate surface area is 162 Å². The molecule has 0 aromatic heterocycles. The molecule has 1 saturated heterocycles. The minimum Gasteiger partial charge on any atom is -0.494 e. The number of benzene rings is 3. The van der Waals surface area contributed by atoms with E-state index in [2.05, 4.69) is 83.0 Å². The minimum atomic E-state index is 0.544. The summed E-state index contributed by atoms with van der Waals surface area (Å²) >= 11 is 0. The van der Waals surface area contributed by atoms with E-state index in [1.54, 1.807) is 0 Å². The van der Waals surface area contributed by atoms with Crippen LogP contribution in [0.25, 0.3) is 10.8 Å². The van der Waals surface area contributed by atoms with Gasteiger partial charge in [-0.05, 0) is 60.8 Å². The number of hydrogen-bond donors (Lipinski definition) is 1. The predicted molar refractivity (Wildman–Crippen MR) is 114 cm³/mol. The van der Waals surface area contributed by atoms with Crippen LogP contribution in [-0.2, 0) is 0 Å². The highest BCUT2D eigenvalue weighted by molar-refractivity contribution is 5.83. The zero-order valence-electron chi connectivity index (χ0n) is 15.8. The molecule has 0 amide bonds. The summed E-state index contributed by atoms with van der Waals surface area (Å²) in [5.41, 5.74) is 1.23. The molecular formula is C24H28N2O. The molecule has 1 atom stereocenters. The second-order valence-electron chi connectivity index (χ2n) is 7.36. The average molecular weight is 361 g/mol. The van der Waals surface area contributed by atoms with Crippen molar-refractivity contribution in [3.05, 3.63) is 72.8 Å². The SMILES string of the molecule is c1ccc(NC2CCCN(CCCOc3ccc4ccccc4c3)C2)cc1. The fraction of sp³-hybridized carbons (Fsp3) is 0.333. The molecular weight excluding hydrogens is 332 g/mol. The minimum absolute atomic E-state index is 0.544. The summed E-state index contributed by atoms with van der Waals surface area (Å²) in [4.78, 5) is 2.56. The van der Waals surface area contributed by atoms with Gasteiger partial charge in [0.25, 0.3) is 0 Å². The maximum Gasteiger partial charge on any atom is 0.119 e. The molecule has 140 valence electrons. The summed E-state index contributed by atoms with van der Waals surface area (Å²) in [6, 6.07) is 25.8. The van der Waals surface area contributed by atoms with Crippen molar-refractivity contribution in [2.24, 2.45) is 0 Å². The summed E-state index contributed by atoms with van der Waals surface area (Å²) in [5.74, 6) is 0.968. The van der Waals surface area contributed by atoms with E-state index in [0.29, 0.717) is 6.04 Å². The Kier molecular flexibility index (Phi) is 5.90. The monoisotopic (exact) mass is 360 g/mol. The summed E-state index contributed by atoms with van der Waals surface area (Å²) < 4.78 is 5.99. The van der Waals surface area contributed by atoms with Crippen LogP contribution >= 0.6 is 0 Å². The van der Waals surface area contributed by atoms with Crippen molar-refractivity contribution >= 4 is 16.5 Å². The summed E-state index contributed by atoms with van der Waals surface area (Å²) in [6.45, 7) is 4.18. The fourth-order valence-electron chi connectivity index (χ4n) is 3.88. The van der Waals surface area contributed by atoms with Crippen molar-refractivity contribution in [3.63, 3.8) is 0 Å². The van der Waals surface area contributed by atoms with Crippen molar-refractivity contribution in [2.45, 2.75) is 25.3 Å². The zero-order chi connectivity index (χ0) is 18.3. The van der Waals surface area contributed by atoms with Crippen molar-refractivity contribution in [2.75, 3.05) is 31.6 Å². The van der Waals surface area contributed by atoms with Crippen molar-refractivity contribution in [1.82, 2.24) is 4.90 Å². The quantitative estimate of drug-likeness (QED) is 0.587. The third kappa shape index (κ3) is 5.01. The fourth-order valence-corrected chi connectivity index (χ4v) is 3.88. The van der Waals surface area contributed by atoms with Crippen molar-refractivity contribution in [1.29, 1.82) is 0 Å². The topological polar surface area (TPSA) is 24.5 Å². The number of hydrogen-bond acceptors (Lipinski definition) is 3. The second-order valence-corrected chi connectivity index (χ2v) is 7.36. The maximum absolute atomic E-state index is 5.99. The van der Waals surface area contributed by atoms with Crippen LogP contribution in [-0.4, -0.2) is 37.2 Å². The van der Waals surface area contributed by atoms with E-state index in [4.69, 9.17) is 4.74 Å². The van der Waals surface area contributed by atoms with Crippen LogP contribution in [0.4, 0.5) is 5.69 Å². The number of anilines is 1. The highest BCUT2D eigenvalue weighted by Gasteiger charge is 2.19. The van der Waals surface area contributed by atoms with Gasteiger partial charge in [-0.2, -0.15) is 0 Å². The van der Waals surface area contributed by atoms with Gasteiger partial charge >= 0.3 is 0 Å². The van der Waals surface area contributed by atoms with Crippen LogP contribution in [0, 0.1) is 0 Å². The van der Waals surface area contributed by atoms with Gasteiger partial charge in [-0.15, -0.1) is 0 Å². The Hall–Kier alpha value is -2.52. The largest absolute Gasteiger partial charge is 0.494 e. The van der Waals surface area contributed by atoms with Crippen LogP contribution in [0.3, 0.4) is 0 Å². The normalized spacial score (nSPS) is 17.7. The lowest BCUT2D eigenvalue weighted by Crippen LogP contribution is -2.42. The molecule has 0 spiro atoms. The van der Waals surface area contributed by atoms with E-state index in [0.717, 1.165) is 31.9 Å². The molecule has 1 heterocycles. The molecule has 4 rings (SSSR count). The van der Waals surface area contributed by atoms with Gasteiger partial charge in [-0.25, -0.2) is 0 Å². The van der Waals surface area contributed by atoms with Gasteiger partial charge in [0.15, 0.2) is 0 Å². The first-order valence-corrected chi connectivity index (χ1v) is 10.0. The molecule has 0 saturated carbocycles. The Morgan fingerprint density at radius 3 is 2.63 bits per heavy atom. The van der Waals surface area contributed by atoms with Crippen molar-refractivity contribution in [3.8, 4) is 5.75 Å². The van der Waals surface area contributed by atoms with Gasteiger partial charge in [0.1, 0.15) is 5.75 Å². The van der Waals surface area contributed by atoms with Crippen LogP contribution in [0.2, 0.25) is 0 Å². The van der Waals surface area contributed by atoms with E-state index in [1.807, 2.05) is 0 Å². The average Bonchev–Trinajstić information content (AvgIpc) is 2.72. The second kappa shape index (κ2) is 8.92. The molecule has 0 bridgehead atoms. The molecule has 1 aliphatic heterocycles. The summed E-state index contributed by atoms with van der Waals surface area (Å²) in [7, 11) is 0. The molecule has 1 N–H and O–H groups in total. The number of para-hydroxylation sites is 1. The van der Waals surface area contributed by atoms with E-state index in [1.165, 1.54) is 35.8 Å². The molecule has 3 nitrogen and oxygen atoms in total.